The Bertz CT molecular complexity index is 557. The van der Waals surface area contributed by atoms with Crippen molar-refractivity contribution in [3.8, 4) is 0 Å². The van der Waals surface area contributed by atoms with Crippen LogP contribution in [0.4, 0.5) is 4.39 Å². The predicted molar refractivity (Wildman–Crippen MR) is 76.9 cm³/mol. The highest BCUT2D eigenvalue weighted by Gasteiger charge is 2.13. The molecular formula is C14H11Br2FO. The lowest BCUT2D eigenvalue weighted by Gasteiger charge is -2.14. The predicted octanol–water partition coefficient (Wildman–Crippen LogP) is 4.63. The number of aliphatic hydroxyl groups excluding tert-OH is 1. The number of halogens is 3. The highest BCUT2D eigenvalue weighted by atomic mass is 79.9. The van der Waals surface area contributed by atoms with Crippen molar-refractivity contribution < 1.29 is 9.50 Å². The summed E-state index contributed by atoms with van der Waals surface area (Å²) in [5.74, 6) is -0.321. The molecule has 0 bridgehead atoms. The van der Waals surface area contributed by atoms with Gasteiger partial charge in [0.2, 0.25) is 0 Å². The molecule has 4 heteroatoms. The Balaban J connectivity index is 2.22. The van der Waals surface area contributed by atoms with Crippen molar-refractivity contribution in [2.45, 2.75) is 12.5 Å². The molecule has 0 fully saturated rings. The molecule has 0 amide bonds. The Morgan fingerprint density at radius 1 is 1.06 bits per heavy atom. The fraction of sp³-hybridized carbons (Fsp3) is 0.143. The third-order valence-electron chi connectivity index (χ3n) is 2.69. The third kappa shape index (κ3) is 3.19. The van der Waals surface area contributed by atoms with Crippen LogP contribution in [-0.4, -0.2) is 5.11 Å². The molecule has 0 aromatic heterocycles. The molecule has 1 unspecified atom stereocenters. The van der Waals surface area contributed by atoms with Crippen molar-refractivity contribution in [1.82, 2.24) is 0 Å². The standard InChI is InChI=1S/C14H11Br2FO/c15-12-4-2-1-3-9(12)7-14(18)11-6-5-10(17)8-13(11)16/h1-6,8,14,18H,7H2. The van der Waals surface area contributed by atoms with Gasteiger partial charge in [-0.3, -0.25) is 0 Å². The molecule has 2 aromatic carbocycles. The van der Waals surface area contributed by atoms with Gasteiger partial charge in [0.1, 0.15) is 5.82 Å². The summed E-state index contributed by atoms with van der Waals surface area (Å²) in [6.45, 7) is 0. The van der Waals surface area contributed by atoms with E-state index in [4.69, 9.17) is 0 Å². The first-order chi connectivity index (χ1) is 8.58. The Labute approximate surface area is 122 Å². The zero-order chi connectivity index (χ0) is 13.1. The van der Waals surface area contributed by atoms with Gasteiger partial charge >= 0.3 is 0 Å². The maximum Gasteiger partial charge on any atom is 0.124 e. The van der Waals surface area contributed by atoms with E-state index in [-0.39, 0.29) is 5.82 Å². The summed E-state index contributed by atoms with van der Waals surface area (Å²) in [6, 6.07) is 12.0. The van der Waals surface area contributed by atoms with E-state index in [1.807, 2.05) is 24.3 Å². The quantitative estimate of drug-likeness (QED) is 0.831. The highest BCUT2D eigenvalue weighted by Crippen LogP contribution is 2.28. The number of aliphatic hydroxyl groups is 1. The SMILES string of the molecule is OC(Cc1ccccc1Br)c1ccc(F)cc1Br. The van der Waals surface area contributed by atoms with Gasteiger partial charge in [-0.05, 0) is 29.3 Å². The minimum atomic E-state index is -0.668. The molecule has 1 nitrogen and oxygen atoms in total. The molecule has 2 rings (SSSR count). The number of hydrogen-bond donors (Lipinski definition) is 1. The normalized spacial score (nSPS) is 12.4. The lowest BCUT2D eigenvalue weighted by atomic mass is 10.0. The van der Waals surface area contributed by atoms with E-state index >= 15 is 0 Å². The van der Waals surface area contributed by atoms with E-state index in [1.54, 1.807) is 6.07 Å². The summed E-state index contributed by atoms with van der Waals surface area (Å²) < 4.78 is 14.5. The summed E-state index contributed by atoms with van der Waals surface area (Å²) in [4.78, 5) is 0. The second-order valence-electron chi connectivity index (χ2n) is 3.98. The second kappa shape index (κ2) is 5.95. The highest BCUT2D eigenvalue weighted by molar-refractivity contribution is 9.10. The summed E-state index contributed by atoms with van der Waals surface area (Å²) in [5.41, 5.74) is 1.70. The second-order valence-corrected chi connectivity index (χ2v) is 5.69. The van der Waals surface area contributed by atoms with Gasteiger partial charge in [-0.15, -0.1) is 0 Å². The Kier molecular flexibility index (Phi) is 4.54. The molecule has 0 aliphatic heterocycles. The van der Waals surface area contributed by atoms with Gasteiger partial charge < -0.3 is 5.11 Å². The maximum absolute atomic E-state index is 13.0. The van der Waals surface area contributed by atoms with E-state index in [0.717, 1.165) is 10.0 Å². The first-order valence-corrected chi connectivity index (χ1v) is 7.03. The van der Waals surface area contributed by atoms with Crippen molar-refractivity contribution >= 4 is 31.9 Å². The van der Waals surface area contributed by atoms with Gasteiger partial charge in [-0.2, -0.15) is 0 Å². The average molecular weight is 374 g/mol. The van der Waals surface area contributed by atoms with Crippen LogP contribution >= 0.6 is 31.9 Å². The fourth-order valence-corrected chi connectivity index (χ4v) is 2.82. The average Bonchev–Trinajstić information content (AvgIpc) is 2.32. The summed E-state index contributed by atoms with van der Waals surface area (Å²) in [6.07, 6.45) is -0.190. The van der Waals surface area contributed by atoms with Gasteiger partial charge in [0.05, 0.1) is 6.10 Å². The first kappa shape index (κ1) is 13.7. The van der Waals surface area contributed by atoms with Gasteiger partial charge in [0, 0.05) is 15.4 Å². The topological polar surface area (TPSA) is 20.2 Å². The molecule has 0 aliphatic carbocycles. The Morgan fingerprint density at radius 3 is 2.44 bits per heavy atom. The largest absolute Gasteiger partial charge is 0.388 e. The van der Waals surface area contributed by atoms with E-state index in [2.05, 4.69) is 31.9 Å². The molecule has 1 atom stereocenters. The van der Waals surface area contributed by atoms with Crippen molar-refractivity contribution in [2.24, 2.45) is 0 Å². The van der Waals surface area contributed by atoms with Crippen LogP contribution in [0, 0.1) is 5.82 Å². The van der Waals surface area contributed by atoms with Crippen LogP contribution < -0.4 is 0 Å². The summed E-state index contributed by atoms with van der Waals surface area (Å²) in [7, 11) is 0. The van der Waals surface area contributed by atoms with E-state index < -0.39 is 6.10 Å². The lowest BCUT2D eigenvalue weighted by Crippen LogP contribution is -2.03. The van der Waals surface area contributed by atoms with E-state index in [0.29, 0.717) is 16.5 Å². The Hall–Kier alpha value is -0.710. The van der Waals surface area contributed by atoms with Crippen LogP contribution in [-0.2, 0) is 6.42 Å². The molecule has 18 heavy (non-hydrogen) atoms. The number of hydrogen-bond acceptors (Lipinski definition) is 1. The van der Waals surface area contributed by atoms with E-state index in [9.17, 15) is 9.50 Å². The maximum atomic E-state index is 13.0. The first-order valence-electron chi connectivity index (χ1n) is 5.44. The minimum absolute atomic E-state index is 0.321. The van der Waals surface area contributed by atoms with Crippen LogP contribution in [0.5, 0.6) is 0 Å². The van der Waals surface area contributed by atoms with Crippen molar-refractivity contribution in [3.05, 3.63) is 68.4 Å². The zero-order valence-electron chi connectivity index (χ0n) is 9.41. The van der Waals surface area contributed by atoms with Crippen LogP contribution in [0.3, 0.4) is 0 Å². The van der Waals surface area contributed by atoms with Crippen molar-refractivity contribution in [3.63, 3.8) is 0 Å². The van der Waals surface area contributed by atoms with E-state index in [1.165, 1.54) is 12.1 Å². The van der Waals surface area contributed by atoms with Gasteiger partial charge in [0.25, 0.3) is 0 Å². The van der Waals surface area contributed by atoms with Gasteiger partial charge in [-0.1, -0.05) is 56.1 Å². The Morgan fingerprint density at radius 2 is 1.78 bits per heavy atom. The van der Waals surface area contributed by atoms with Crippen LogP contribution in [0.1, 0.15) is 17.2 Å². The molecule has 0 heterocycles. The third-order valence-corrected chi connectivity index (χ3v) is 4.15. The molecule has 0 spiro atoms. The van der Waals surface area contributed by atoms with Crippen LogP contribution in [0.2, 0.25) is 0 Å². The molecule has 94 valence electrons. The molecule has 0 saturated heterocycles. The number of rotatable bonds is 3. The summed E-state index contributed by atoms with van der Waals surface area (Å²) in [5, 5.41) is 10.2. The number of benzene rings is 2. The minimum Gasteiger partial charge on any atom is -0.388 e. The molecular weight excluding hydrogens is 363 g/mol. The lowest BCUT2D eigenvalue weighted by molar-refractivity contribution is 0.177. The smallest absolute Gasteiger partial charge is 0.124 e. The molecule has 0 radical (unpaired) electrons. The van der Waals surface area contributed by atoms with Gasteiger partial charge in [0.15, 0.2) is 0 Å². The molecule has 2 aromatic rings. The fourth-order valence-electron chi connectivity index (χ4n) is 1.75. The molecule has 1 N–H and O–H groups in total. The molecule has 0 saturated carbocycles. The molecule has 0 aliphatic rings. The van der Waals surface area contributed by atoms with Crippen molar-refractivity contribution in [2.75, 3.05) is 0 Å². The van der Waals surface area contributed by atoms with Crippen molar-refractivity contribution in [1.29, 1.82) is 0 Å². The van der Waals surface area contributed by atoms with Gasteiger partial charge in [-0.25, -0.2) is 4.39 Å². The van der Waals surface area contributed by atoms with Crippen LogP contribution in [0.15, 0.2) is 51.4 Å². The van der Waals surface area contributed by atoms with Crippen LogP contribution in [0.25, 0.3) is 0 Å². The monoisotopic (exact) mass is 372 g/mol. The zero-order valence-corrected chi connectivity index (χ0v) is 12.6. The summed E-state index contributed by atoms with van der Waals surface area (Å²) >= 11 is 6.71.